The third-order valence-electron chi connectivity index (χ3n) is 5.75. The molecule has 1 aliphatic heterocycles. The molecule has 0 spiro atoms. The quantitative estimate of drug-likeness (QED) is 0.703. The van der Waals surface area contributed by atoms with Gasteiger partial charge in [-0.05, 0) is 71.5 Å². The van der Waals surface area contributed by atoms with E-state index in [2.05, 4.69) is 26.5 Å². The van der Waals surface area contributed by atoms with E-state index in [0.29, 0.717) is 25.1 Å². The van der Waals surface area contributed by atoms with Crippen LogP contribution in [0.25, 0.3) is 0 Å². The first kappa shape index (κ1) is 23.7. The van der Waals surface area contributed by atoms with Gasteiger partial charge in [0.15, 0.2) is 0 Å². The minimum Gasteiger partial charge on any atom is -0.350 e. The van der Waals surface area contributed by atoms with Crippen LogP contribution in [0.5, 0.6) is 0 Å². The highest BCUT2D eigenvalue weighted by molar-refractivity contribution is 7.16. The molecule has 0 atom stereocenters. The van der Waals surface area contributed by atoms with E-state index < -0.39 is 0 Å². The highest BCUT2D eigenvalue weighted by atomic mass is 32.1. The lowest BCUT2D eigenvalue weighted by Gasteiger charge is -2.25. The monoisotopic (exact) mass is 445 g/mol. The summed E-state index contributed by atoms with van der Waals surface area (Å²) < 4.78 is 0. The number of fused-ring (bicyclic) bond motifs is 1. The largest absolute Gasteiger partial charge is 0.350 e. The van der Waals surface area contributed by atoms with Crippen molar-refractivity contribution >= 4 is 28.2 Å². The van der Waals surface area contributed by atoms with E-state index in [0.717, 1.165) is 68.8 Å². The normalized spacial score (nSPS) is 18.0. The van der Waals surface area contributed by atoms with Crippen molar-refractivity contribution < 1.29 is 9.59 Å². The third kappa shape index (κ3) is 7.03. The Morgan fingerprint density at radius 3 is 2.48 bits per heavy atom. The molecule has 3 rings (SSSR count). The summed E-state index contributed by atoms with van der Waals surface area (Å²) in [6, 6.07) is 2.30. The molecular formula is C23H35N5O2S. The van der Waals surface area contributed by atoms with Crippen LogP contribution >= 0.6 is 11.3 Å². The average molecular weight is 446 g/mol. The predicted octanol–water partition coefficient (Wildman–Crippen LogP) is 2.75. The van der Waals surface area contributed by atoms with Gasteiger partial charge in [-0.1, -0.05) is 0 Å². The number of amides is 2. The summed E-state index contributed by atoms with van der Waals surface area (Å²) in [6.45, 7) is 10.6. The van der Waals surface area contributed by atoms with Gasteiger partial charge in [0.05, 0.1) is 12.1 Å². The number of thiophene rings is 1. The molecule has 2 amide bonds. The van der Waals surface area contributed by atoms with E-state index in [-0.39, 0.29) is 17.4 Å². The maximum Gasteiger partial charge on any atom is 0.234 e. The van der Waals surface area contributed by atoms with Crippen LogP contribution in [-0.2, 0) is 22.4 Å². The van der Waals surface area contributed by atoms with E-state index in [1.54, 1.807) is 11.3 Å². The van der Waals surface area contributed by atoms with Gasteiger partial charge in [-0.25, -0.2) is 0 Å². The number of nitrogens with one attached hydrogen (secondary N) is 2. The van der Waals surface area contributed by atoms with Gasteiger partial charge in [-0.2, -0.15) is 5.26 Å². The molecule has 170 valence electrons. The van der Waals surface area contributed by atoms with Crippen molar-refractivity contribution in [1.82, 2.24) is 15.1 Å². The van der Waals surface area contributed by atoms with Gasteiger partial charge in [0, 0.05) is 36.5 Å². The minimum absolute atomic E-state index is 0.0271. The van der Waals surface area contributed by atoms with Gasteiger partial charge in [-0.3, -0.25) is 14.5 Å². The molecule has 1 aliphatic carbocycles. The molecule has 7 nitrogen and oxygen atoms in total. The summed E-state index contributed by atoms with van der Waals surface area (Å²) in [4.78, 5) is 30.5. The van der Waals surface area contributed by atoms with Crippen molar-refractivity contribution in [3.8, 4) is 6.07 Å². The maximum atomic E-state index is 12.6. The Labute approximate surface area is 189 Å². The fourth-order valence-electron chi connectivity index (χ4n) is 4.29. The fraction of sp³-hybridized carbons (Fsp3) is 0.696. The topological polar surface area (TPSA) is 88.5 Å². The fourth-order valence-corrected chi connectivity index (χ4v) is 5.54. The molecule has 31 heavy (non-hydrogen) atoms. The molecule has 1 aromatic heterocycles. The molecule has 0 saturated carbocycles. The summed E-state index contributed by atoms with van der Waals surface area (Å²) in [5.74, 6) is 0.0352. The number of rotatable bonds is 6. The van der Waals surface area contributed by atoms with Crippen molar-refractivity contribution in [2.75, 3.05) is 44.6 Å². The van der Waals surface area contributed by atoms with Crippen LogP contribution in [0.4, 0.5) is 5.00 Å². The second-order valence-corrected chi connectivity index (χ2v) is 10.7. The highest BCUT2D eigenvalue weighted by Crippen LogP contribution is 2.37. The van der Waals surface area contributed by atoms with Gasteiger partial charge >= 0.3 is 0 Å². The Bertz CT molecular complexity index is 836. The van der Waals surface area contributed by atoms with Crippen LogP contribution in [-0.4, -0.2) is 66.4 Å². The smallest absolute Gasteiger partial charge is 0.234 e. The van der Waals surface area contributed by atoms with Crippen LogP contribution in [0.15, 0.2) is 0 Å². The van der Waals surface area contributed by atoms with Crippen molar-refractivity contribution in [2.24, 2.45) is 0 Å². The molecule has 2 heterocycles. The Morgan fingerprint density at radius 2 is 1.74 bits per heavy atom. The number of hydrogen-bond donors (Lipinski definition) is 2. The Morgan fingerprint density at radius 1 is 1.03 bits per heavy atom. The molecule has 0 aromatic carbocycles. The molecule has 1 fully saturated rings. The van der Waals surface area contributed by atoms with Crippen molar-refractivity contribution in [1.29, 1.82) is 5.26 Å². The summed E-state index contributed by atoms with van der Waals surface area (Å²) in [5.41, 5.74) is 1.61. The molecule has 2 N–H and O–H groups in total. The van der Waals surface area contributed by atoms with Crippen molar-refractivity contribution in [2.45, 2.75) is 64.8 Å². The van der Waals surface area contributed by atoms with Gasteiger partial charge < -0.3 is 15.5 Å². The molecule has 8 heteroatoms. The van der Waals surface area contributed by atoms with E-state index in [9.17, 15) is 14.9 Å². The predicted molar refractivity (Wildman–Crippen MR) is 124 cm³/mol. The van der Waals surface area contributed by atoms with Crippen molar-refractivity contribution in [3.63, 3.8) is 0 Å². The second-order valence-electron chi connectivity index (χ2n) is 9.59. The van der Waals surface area contributed by atoms with E-state index in [1.807, 2.05) is 20.8 Å². The average Bonchev–Trinajstić information content (AvgIpc) is 2.88. The Balaban J connectivity index is 1.44. The van der Waals surface area contributed by atoms with Gasteiger partial charge in [0.1, 0.15) is 11.1 Å². The lowest BCUT2D eigenvalue weighted by Crippen LogP contribution is -2.46. The van der Waals surface area contributed by atoms with Gasteiger partial charge in [0.25, 0.3) is 0 Å². The van der Waals surface area contributed by atoms with Crippen LogP contribution in [0, 0.1) is 11.3 Å². The number of hydrogen-bond acceptors (Lipinski definition) is 6. The third-order valence-corrected chi connectivity index (χ3v) is 6.96. The van der Waals surface area contributed by atoms with E-state index in [4.69, 9.17) is 0 Å². The first-order valence-corrected chi connectivity index (χ1v) is 12.2. The summed E-state index contributed by atoms with van der Waals surface area (Å²) in [5, 5.41) is 16.3. The molecule has 0 radical (unpaired) electrons. The van der Waals surface area contributed by atoms with Gasteiger partial charge in [-0.15, -0.1) is 11.3 Å². The Hall–Kier alpha value is -1.95. The van der Waals surface area contributed by atoms with Crippen LogP contribution in [0.3, 0.4) is 0 Å². The number of anilines is 1. The maximum absolute atomic E-state index is 12.6. The number of carbonyl (C=O) groups excluding carboxylic acids is 2. The van der Waals surface area contributed by atoms with Gasteiger partial charge in [0.2, 0.25) is 11.8 Å². The van der Waals surface area contributed by atoms with Crippen LogP contribution in [0.1, 0.15) is 62.5 Å². The zero-order valence-electron chi connectivity index (χ0n) is 19.1. The zero-order valence-corrected chi connectivity index (χ0v) is 19.9. The van der Waals surface area contributed by atoms with Crippen molar-refractivity contribution in [3.05, 3.63) is 16.0 Å². The summed E-state index contributed by atoms with van der Waals surface area (Å²) in [7, 11) is 0. The SMILES string of the molecule is CC(C)(C)NC(=O)CN1CCCN(CCC(=O)Nc2sc3c(c2C#N)CCCC3)CC1. The molecule has 1 aromatic rings. The van der Waals surface area contributed by atoms with Crippen LogP contribution < -0.4 is 10.6 Å². The molecule has 0 bridgehead atoms. The number of carbonyl (C=O) groups is 2. The number of nitrogens with zero attached hydrogens (tertiary/aromatic N) is 3. The molecule has 0 unspecified atom stereocenters. The first-order chi connectivity index (χ1) is 14.7. The lowest BCUT2D eigenvalue weighted by atomic mass is 9.96. The lowest BCUT2D eigenvalue weighted by molar-refractivity contribution is -0.123. The van der Waals surface area contributed by atoms with E-state index >= 15 is 0 Å². The molecular weight excluding hydrogens is 410 g/mol. The highest BCUT2D eigenvalue weighted by Gasteiger charge is 2.23. The summed E-state index contributed by atoms with van der Waals surface area (Å²) in [6.07, 6.45) is 5.65. The summed E-state index contributed by atoms with van der Waals surface area (Å²) >= 11 is 1.58. The molecule has 1 saturated heterocycles. The molecule has 2 aliphatic rings. The second kappa shape index (κ2) is 10.6. The van der Waals surface area contributed by atoms with Crippen LogP contribution in [0.2, 0.25) is 0 Å². The zero-order chi connectivity index (χ0) is 22.4. The minimum atomic E-state index is -0.213. The first-order valence-electron chi connectivity index (χ1n) is 11.4. The Kier molecular flexibility index (Phi) is 8.09. The standard InChI is InChI=1S/C23H35N5O2S/c1-23(2,3)26-21(30)16-28-11-6-10-27(13-14-28)12-9-20(29)25-22-18(15-24)17-7-4-5-8-19(17)31-22/h4-14,16H2,1-3H3,(H,25,29)(H,26,30). The number of aryl methyl sites for hydroxylation is 1. The van der Waals surface area contributed by atoms with E-state index in [1.165, 1.54) is 4.88 Å². The number of nitriles is 1.